The van der Waals surface area contributed by atoms with E-state index < -0.39 is 6.04 Å². The summed E-state index contributed by atoms with van der Waals surface area (Å²) in [5.41, 5.74) is 5.72. The highest BCUT2D eigenvalue weighted by molar-refractivity contribution is 5.75. The summed E-state index contributed by atoms with van der Waals surface area (Å²) in [6, 6.07) is -0.473. The Hall–Kier alpha value is -0.610. The van der Waals surface area contributed by atoms with Gasteiger partial charge in [0.05, 0.1) is 6.61 Å². The van der Waals surface area contributed by atoms with E-state index in [1.165, 1.54) is 6.42 Å². The molecule has 0 aliphatic heterocycles. The number of nitrogens with two attached hydrogens (primary N) is 1. The molecule has 16 heavy (non-hydrogen) atoms. The molecule has 0 amide bonds. The summed E-state index contributed by atoms with van der Waals surface area (Å²) in [7, 11) is 2.09. The Kier molecular flexibility index (Phi) is 5.22. The van der Waals surface area contributed by atoms with Crippen molar-refractivity contribution in [2.45, 2.75) is 32.7 Å². The molecule has 1 fully saturated rings. The fourth-order valence-corrected chi connectivity index (χ4v) is 1.87. The molecule has 0 bridgehead atoms. The van der Waals surface area contributed by atoms with E-state index in [1.807, 2.05) is 0 Å². The predicted molar refractivity (Wildman–Crippen MR) is 64.0 cm³/mol. The van der Waals surface area contributed by atoms with Crippen molar-refractivity contribution in [2.75, 3.05) is 26.7 Å². The van der Waals surface area contributed by atoms with Gasteiger partial charge in [-0.3, -0.25) is 4.79 Å². The van der Waals surface area contributed by atoms with Gasteiger partial charge in [0.15, 0.2) is 0 Å². The first-order valence-corrected chi connectivity index (χ1v) is 6.15. The van der Waals surface area contributed by atoms with Crippen molar-refractivity contribution in [1.29, 1.82) is 0 Å². The zero-order valence-corrected chi connectivity index (χ0v) is 10.6. The zero-order chi connectivity index (χ0) is 12.1. The second kappa shape index (κ2) is 6.21. The number of hydrogen-bond donors (Lipinski definition) is 1. The first-order chi connectivity index (χ1) is 7.54. The van der Waals surface area contributed by atoms with Gasteiger partial charge >= 0.3 is 5.97 Å². The predicted octanol–water partition coefficient (Wildman–Crippen LogP) is 0.855. The molecular formula is C12H24N2O2. The van der Waals surface area contributed by atoms with Crippen LogP contribution in [-0.4, -0.2) is 43.7 Å². The molecule has 0 aromatic heterocycles. The van der Waals surface area contributed by atoms with Crippen LogP contribution in [0.3, 0.4) is 0 Å². The highest BCUT2D eigenvalue weighted by Gasteiger charge is 2.33. The third-order valence-electron chi connectivity index (χ3n) is 3.23. The van der Waals surface area contributed by atoms with Crippen molar-refractivity contribution in [1.82, 2.24) is 4.90 Å². The van der Waals surface area contributed by atoms with Gasteiger partial charge in [0.25, 0.3) is 0 Å². The molecule has 0 saturated heterocycles. The van der Waals surface area contributed by atoms with Gasteiger partial charge in [-0.05, 0) is 45.2 Å². The Morgan fingerprint density at radius 1 is 1.62 bits per heavy atom. The summed E-state index contributed by atoms with van der Waals surface area (Å²) in [5, 5.41) is 0. The molecule has 4 heteroatoms. The quantitative estimate of drug-likeness (QED) is 0.656. The van der Waals surface area contributed by atoms with E-state index in [2.05, 4.69) is 18.9 Å². The lowest BCUT2D eigenvalue weighted by Gasteiger charge is -2.18. The van der Waals surface area contributed by atoms with Gasteiger partial charge in [-0.2, -0.15) is 0 Å². The fourth-order valence-electron chi connectivity index (χ4n) is 1.87. The van der Waals surface area contributed by atoms with E-state index in [0.29, 0.717) is 13.0 Å². The number of ether oxygens (including phenoxy) is 1. The second-order valence-corrected chi connectivity index (χ2v) is 4.88. The van der Waals surface area contributed by atoms with Crippen LogP contribution in [0.25, 0.3) is 0 Å². The Morgan fingerprint density at radius 3 is 2.75 bits per heavy atom. The molecule has 0 radical (unpaired) electrons. The maximum Gasteiger partial charge on any atom is 0.322 e. The molecule has 0 spiro atoms. The van der Waals surface area contributed by atoms with Crippen LogP contribution in [0, 0.1) is 11.8 Å². The van der Waals surface area contributed by atoms with Crippen LogP contribution in [-0.2, 0) is 9.53 Å². The van der Waals surface area contributed by atoms with Crippen LogP contribution < -0.4 is 5.73 Å². The van der Waals surface area contributed by atoms with Crippen molar-refractivity contribution < 1.29 is 9.53 Å². The van der Waals surface area contributed by atoms with E-state index in [1.54, 1.807) is 6.92 Å². The average Bonchev–Trinajstić information content (AvgIpc) is 2.91. The first-order valence-electron chi connectivity index (χ1n) is 6.15. The molecule has 4 nitrogen and oxygen atoms in total. The van der Waals surface area contributed by atoms with Gasteiger partial charge in [0, 0.05) is 6.54 Å². The molecule has 94 valence electrons. The SMILES string of the molecule is CCOC(=O)C(N)CCN(C)CC1CC1C. The van der Waals surface area contributed by atoms with Crippen LogP contribution in [0.5, 0.6) is 0 Å². The molecule has 1 aliphatic rings. The minimum absolute atomic E-state index is 0.282. The maximum absolute atomic E-state index is 11.3. The number of nitrogens with zero attached hydrogens (tertiary/aromatic N) is 1. The molecule has 3 unspecified atom stereocenters. The van der Waals surface area contributed by atoms with Gasteiger partial charge in [-0.15, -0.1) is 0 Å². The molecule has 1 aliphatic carbocycles. The van der Waals surface area contributed by atoms with E-state index in [4.69, 9.17) is 10.5 Å². The molecule has 0 aromatic carbocycles. The second-order valence-electron chi connectivity index (χ2n) is 4.88. The van der Waals surface area contributed by atoms with E-state index in [9.17, 15) is 4.79 Å². The van der Waals surface area contributed by atoms with Crippen LogP contribution in [0.4, 0.5) is 0 Å². The maximum atomic E-state index is 11.3. The van der Waals surface area contributed by atoms with E-state index in [0.717, 1.165) is 24.9 Å². The third kappa shape index (κ3) is 4.49. The number of rotatable bonds is 7. The number of esters is 1. The highest BCUT2D eigenvalue weighted by atomic mass is 16.5. The van der Waals surface area contributed by atoms with Gasteiger partial charge in [-0.25, -0.2) is 0 Å². The molecular weight excluding hydrogens is 204 g/mol. The molecule has 3 atom stereocenters. The van der Waals surface area contributed by atoms with Crippen molar-refractivity contribution in [2.24, 2.45) is 17.6 Å². The van der Waals surface area contributed by atoms with Crippen molar-refractivity contribution in [3.05, 3.63) is 0 Å². The minimum atomic E-state index is -0.473. The minimum Gasteiger partial charge on any atom is -0.465 e. The molecule has 2 N–H and O–H groups in total. The summed E-state index contributed by atoms with van der Waals surface area (Å²) in [5.74, 6) is 1.45. The monoisotopic (exact) mass is 228 g/mol. The van der Waals surface area contributed by atoms with Gasteiger partial charge in [-0.1, -0.05) is 6.92 Å². The fraction of sp³-hybridized carbons (Fsp3) is 0.917. The summed E-state index contributed by atoms with van der Waals surface area (Å²) in [6.07, 6.45) is 2.02. The summed E-state index contributed by atoms with van der Waals surface area (Å²) in [6.45, 7) is 6.47. The molecule has 0 heterocycles. The molecule has 1 saturated carbocycles. The molecule has 0 aromatic rings. The number of carbonyl (C=O) groups excluding carboxylic acids is 1. The highest BCUT2D eigenvalue weighted by Crippen LogP contribution is 2.37. The number of hydrogen-bond acceptors (Lipinski definition) is 4. The lowest BCUT2D eigenvalue weighted by molar-refractivity contribution is -0.144. The van der Waals surface area contributed by atoms with Gasteiger partial charge < -0.3 is 15.4 Å². The van der Waals surface area contributed by atoms with E-state index >= 15 is 0 Å². The van der Waals surface area contributed by atoms with Crippen molar-refractivity contribution in [3.8, 4) is 0 Å². The standard InChI is InChI=1S/C12H24N2O2/c1-4-16-12(15)11(13)5-6-14(3)8-10-7-9(10)2/h9-11H,4-8,13H2,1-3H3. The van der Waals surface area contributed by atoms with Crippen LogP contribution in [0.2, 0.25) is 0 Å². The lowest BCUT2D eigenvalue weighted by Crippen LogP contribution is -2.36. The Balaban J connectivity index is 2.10. The third-order valence-corrected chi connectivity index (χ3v) is 3.23. The van der Waals surface area contributed by atoms with Crippen LogP contribution in [0.15, 0.2) is 0 Å². The summed E-state index contributed by atoms with van der Waals surface area (Å²) >= 11 is 0. The normalized spacial score (nSPS) is 25.6. The topological polar surface area (TPSA) is 55.6 Å². The summed E-state index contributed by atoms with van der Waals surface area (Å²) in [4.78, 5) is 13.5. The Labute approximate surface area is 98.1 Å². The zero-order valence-electron chi connectivity index (χ0n) is 10.6. The molecule has 1 rings (SSSR count). The largest absolute Gasteiger partial charge is 0.465 e. The van der Waals surface area contributed by atoms with Crippen molar-refractivity contribution in [3.63, 3.8) is 0 Å². The number of carbonyl (C=O) groups is 1. The Morgan fingerprint density at radius 2 is 2.25 bits per heavy atom. The average molecular weight is 228 g/mol. The first kappa shape index (κ1) is 13.5. The van der Waals surface area contributed by atoms with Gasteiger partial charge in [0.1, 0.15) is 6.04 Å². The van der Waals surface area contributed by atoms with E-state index in [-0.39, 0.29) is 5.97 Å². The smallest absolute Gasteiger partial charge is 0.322 e. The van der Waals surface area contributed by atoms with Crippen molar-refractivity contribution >= 4 is 5.97 Å². The van der Waals surface area contributed by atoms with Crippen LogP contribution in [0.1, 0.15) is 26.7 Å². The lowest BCUT2D eigenvalue weighted by atomic mass is 10.2. The Bertz CT molecular complexity index is 233. The summed E-state index contributed by atoms with van der Waals surface area (Å²) < 4.78 is 4.86. The van der Waals surface area contributed by atoms with Gasteiger partial charge in [0.2, 0.25) is 0 Å². The van der Waals surface area contributed by atoms with Crippen LogP contribution >= 0.6 is 0 Å².